The summed E-state index contributed by atoms with van der Waals surface area (Å²) in [5.41, 5.74) is 2.27. The van der Waals surface area contributed by atoms with Crippen molar-refractivity contribution in [1.29, 1.82) is 0 Å². The SMILES string of the molecule is O=C(c1ccccc1COc1ccccc1)N1CCN(Cc2cc(=O)n3ccsc3n2)CC1. The molecule has 0 saturated carbocycles. The van der Waals surface area contributed by atoms with E-state index >= 15 is 0 Å². The Morgan fingerprint density at radius 3 is 2.58 bits per heavy atom. The number of hydrogen-bond donors (Lipinski definition) is 0. The molecule has 1 aliphatic rings. The average Bonchev–Trinajstić information content (AvgIpc) is 3.33. The van der Waals surface area contributed by atoms with E-state index in [-0.39, 0.29) is 11.5 Å². The van der Waals surface area contributed by atoms with E-state index in [1.807, 2.05) is 64.9 Å². The van der Waals surface area contributed by atoms with Gasteiger partial charge in [0.25, 0.3) is 11.5 Å². The van der Waals surface area contributed by atoms with Gasteiger partial charge < -0.3 is 9.64 Å². The summed E-state index contributed by atoms with van der Waals surface area (Å²) < 4.78 is 7.43. The van der Waals surface area contributed by atoms with E-state index in [0.717, 1.165) is 30.1 Å². The Morgan fingerprint density at radius 2 is 1.76 bits per heavy atom. The summed E-state index contributed by atoms with van der Waals surface area (Å²) in [5, 5.41) is 1.86. The first kappa shape index (κ1) is 21.4. The van der Waals surface area contributed by atoms with Crippen LogP contribution in [0.2, 0.25) is 0 Å². The molecule has 8 heteroatoms. The second-order valence-corrected chi connectivity index (χ2v) is 8.84. The number of rotatable bonds is 6. The Bertz CT molecular complexity index is 1310. The molecule has 3 heterocycles. The van der Waals surface area contributed by atoms with Crippen LogP contribution in [0.5, 0.6) is 5.75 Å². The van der Waals surface area contributed by atoms with Gasteiger partial charge in [0.15, 0.2) is 4.96 Å². The molecule has 1 amide bonds. The Balaban J connectivity index is 1.21. The minimum absolute atomic E-state index is 0.0262. The molecule has 2 aromatic heterocycles. The van der Waals surface area contributed by atoms with E-state index in [1.54, 1.807) is 16.7 Å². The van der Waals surface area contributed by atoms with Crippen LogP contribution in [0.25, 0.3) is 4.96 Å². The molecule has 0 N–H and O–H groups in total. The molecule has 1 fully saturated rings. The van der Waals surface area contributed by atoms with Crippen LogP contribution in [0.15, 0.2) is 77.0 Å². The number of carbonyl (C=O) groups excluding carboxylic acids is 1. The van der Waals surface area contributed by atoms with Crippen LogP contribution >= 0.6 is 11.3 Å². The van der Waals surface area contributed by atoms with Crippen LogP contribution in [0.1, 0.15) is 21.6 Å². The maximum atomic E-state index is 13.3. The van der Waals surface area contributed by atoms with E-state index < -0.39 is 0 Å². The number of benzene rings is 2. The molecule has 168 valence electrons. The van der Waals surface area contributed by atoms with Crippen molar-refractivity contribution in [2.75, 3.05) is 26.2 Å². The number of para-hydroxylation sites is 1. The number of hydrogen-bond acceptors (Lipinski definition) is 6. The van der Waals surface area contributed by atoms with Gasteiger partial charge in [-0.1, -0.05) is 36.4 Å². The molecule has 1 aliphatic heterocycles. The number of amides is 1. The predicted molar refractivity (Wildman–Crippen MR) is 128 cm³/mol. The van der Waals surface area contributed by atoms with Gasteiger partial charge in [-0.25, -0.2) is 4.98 Å². The fourth-order valence-corrected chi connectivity index (χ4v) is 4.75. The molecular formula is C25H24N4O3S. The number of aromatic nitrogens is 2. The Hall–Kier alpha value is -3.49. The molecule has 7 nitrogen and oxygen atoms in total. The van der Waals surface area contributed by atoms with Crippen molar-refractivity contribution < 1.29 is 9.53 Å². The van der Waals surface area contributed by atoms with Gasteiger partial charge in [-0.15, -0.1) is 11.3 Å². The summed E-state index contributed by atoms with van der Waals surface area (Å²) in [6.45, 7) is 3.69. The van der Waals surface area contributed by atoms with Crippen molar-refractivity contribution in [1.82, 2.24) is 19.2 Å². The summed E-state index contributed by atoms with van der Waals surface area (Å²) in [6.07, 6.45) is 1.74. The zero-order valence-corrected chi connectivity index (χ0v) is 18.9. The third kappa shape index (κ3) is 4.81. The van der Waals surface area contributed by atoms with Crippen LogP contribution < -0.4 is 10.3 Å². The Kier molecular flexibility index (Phi) is 6.19. The van der Waals surface area contributed by atoms with Crippen LogP contribution in [0, 0.1) is 0 Å². The number of nitrogens with zero attached hydrogens (tertiary/aromatic N) is 4. The predicted octanol–water partition coefficient (Wildman–Crippen LogP) is 3.29. The molecule has 0 bridgehead atoms. The van der Waals surface area contributed by atoms with E-state index in [1.165, 1.54) is 11.3 Å². The number of thiazole rings is 1. The van der Waals surface area contributed by atoms with Crippen molar-refractivity contribution in [2.45, 2.75) is 13.2 Å². The molecule has 1 saturated heterocycles. The van der Waals surface area contributed by atoms with Gasteiger partial charge in [0.1, 0.15) is 12.4 Å². The number of ether oxygens (including phenoxy) is 1. The van der Waals surface area contributed by atoms with Gasteiger partial charge in [0.05, 0.1) is 5.69 Å². The fraction of sp³-hybridized carbons (Fsp3) is 0.240. The van der Waals surface area contributed by atoms with E-state index in [0.29, 0.717) is 36.8 Å². The van der Waals surface area contributed by atoms with Crippen molar-refractivity contribution in [3.63, 3.8) is 0 Å². The van der Waals surface area contributed by atoms with Crippen molar-refractivity contribution >= 4 is 22.2 Å². The maximum Gasteiger partial charge on any atom is 0.258 e. The molecule has 0 unspecified atom stereocenters. The number of carbonyl (C=O) groups is 1. The number of piperazine rings is 1. The summed E-state index contributed by atoms with van der Waals surface area (Å²) in [6, 6.07) is 18.8. The highest BCUT2D eigenvalue weighted by molar-refractivity contribution is 7.15. The topological polar surface area (TPSA) is 67.2 Å². The van der Waals surface area contributed by atoms with E-state index in [9.17, 15) is 9.59 Å². The van der Waals surface area contributed by atoms with Gasteiger partial charge in [0, 0.05) is 61.5 Å². The van der Waals surface area contributed by atoms with E-state index in [2.05, 4.69) is 9.88 Å². The zero-order valence-electron chi connectivity index (χ0n) is 18.1. The lowest BCUT2D eigenvalue weighted by atomic mass is 10.1. The first-order chi connectivity index (χ1) is 16.2. The molecule has 0 aliphatic carbocycles. The monoisotopic (exact) mass is 460 g/mol. The Labute approximate surface area is 195 Å². The zero-order chi connectivity index (χ0) is 22.6. The molecule has 0 atom stereocenters. The normalized spacial score (nSPS) is 14.5. The highest BCUT2D eigenvalue weighted by Crippen LogP contribution is 2.18. The molecule has 0 spiro atoms. The van der Waals surface area contributed by atoms with Gasteiger partial charge in [-0.3, -0.25) is 18.9 Å². The van der Waals surface area contributed by atoms with Crippen LogP contribution in [-0.2, 0) is 13.2 Å². The first-order valence-electron chi connectivity index (χ1n) is 10.9. The lowest BCUT2D eigenvalue weighted by Crippen LogP contribution is -2.48. The average molecular weight is 461 g/mol. The fourth-order valence-electron chi connectivity index (χ4n) is 4.01. The summed E-state index contributed by atoms with van der Waals surface area (Å²) in [7, 11) is 0. The van der Waals surface area contributed by atoms with Crippen LogP contribution in [-0.4, -0.2) is 51.3 Å². The van der Waals surface area contributed by atoms with E-state index in [4.69, 9.17) is 4.74 Å². The molecule has 5 rings (SSSR count). The quantitative estimate of drug-likeness (QED) is 0.442. The third-order valence-corrected chi connectivity index (χ3v) is 6.54. The smallest absolute Gasteiger partial charge is 0.258 e. The van der Waals surface area contributed by atoms with Gasteiger partial charge in [-0.05, 0) is 18.2 Å². The summed E-state index contributed by atoms with van der Waals surface area (Å²) in [4.78, 5) is 34.9. The maximum absolute atomic E-state index is 13.3. The lowest BCUT2D eigenvalue weighted by Gasteiger charge is -2.34. The lowest BCUT2D eigenvalue weighted by molar-refractivity contribution is 0.0624. The highest BCUT2D eigenvalue weighted by Gasteiger charge is 2.24. The van der Waals surface area contributed by atoms with Crippen molar-refractivity contribution in [2.24, 2.45) is 0 Å². The largest absolute Gasteiger partial charge is 0.489 e. The second-order valence-electron chi connectivity index (χ2n) is 7.97. The van der Waals surface area contributed by atoms with Gasteiger partial charge in [-0.2, -0.15) is 0 Å². The molecule has 33 heavy (non-hydrogen) atoms. The minimum atomic E-state index is -0.0561. The van der Waals surface area contributed by atoms with Gasteiger partial charge in [0.2, 0.25) is 0 Å². The summed E-state index contributed by atoms with van der Waals surface area (Å²) in [5.74, 6) is 0.806. The Morgan fingerprint density at radius 1 is 1.00 bits per heavy atom. The molecule has 0 radical (unpaired) electrons. The van der Waals surface area contributed by atoms with Gasteiger partial charge >= 0.3 is 0 Å². The third-order valence-electron chi connectivity index (χ3n) is 5.79. The second kappa shape index (κ2) is 9.56. The van der Waals surface area contributed by atoms with Crippen molar-refractivity contribution in [3.05, 3.63) is 99.4 Å². The standard InChI is InChI=1S/C25H24N4O3S/c30-23-16-20(26-25-29(23)14-15-33-25)17-27-10-12-28(13-11-27)24(31)22-9-5-4-6-19(22)18-32-21-7-2-1-3-8-21/h1-9,14-16H,10-13,17-18H2. The molecule has 4 aromatic rings. The minimum Gasteiger partial charge on any atom is -0.489 e. The summed E-state index contributed by atoms with van der Waals surface area (Å²) >= 11 is 1.45. The molecular weight excluding hydrogens is 436 g/mol. The number of fused-ring (bicyclic) bond motifs is 1. The molecule has 2 aromatic carbocycles. The van der Waals surface area contributed by atoms with Crippen LogP contribution in [0.4, 0.5) is 0 Å². The van der Waals surface area contributed by atoms with Crippen LogP contribution in [0.3, 0.4) is 0 Å². The first-order valence-corrected chi connectivity index (χ1v) is 11.8. The highest BCUT2D eigenvalue weighted by atomic mass is 32.1. The van der Waals surface area contributed by atoms with Crippen molar-refractivity contribution in [3.8, 4) is 5.75 Å².